The summed E-state index contributed by atoms with van der Waals surface area (Å²) >= 11 is 1.68. The fourth-order valence-electron chi connectivity index (χ4n) is 1.27. The third-order valence-electron chi connectivity index (χ3n) is 1.88. The minimum atomic E-state index is 0.908. The van der Waals surface area contributed by atoms with E-state index in [0.717, 1.165) is 11.5 Å². The van der Waals surface area contributed by atoms with Crippen LogP contribution in [0.2, 0.25) is 0 Å². The van der Waals surface area contributed by atoms with Crippen molar-refractivity contribution in [3.05, 3.63) is 34.4 Å². The van der Waals surface area contributed by atoms with Gasteiger partial charge in [0.25, 0.3) is 0 Å². The van der Waals surface area contributed by atoms with Crippen molar-refractivity contribution < 1.29 is 0 Å². The third kappa shape index (κ3) is 1.01. The number of fused-ring (bicyclic) bond motifs is 2. The maximum absolute atomic E-state index is 3.91. The second kappa shape index (κ2) is 2.50. The van der Waals surface area contributed by atoms with E-state index in [2.05, 4.69) is 15.6 Å². The number of rotatable bonds is 0. The molecule has 1 N–H and O–H groups in total. The number of nitrogens with zero attached hydrogens (tertiary/aromatic N) is 3. The highest BCUT2D eigenvalue weighted by molar-refractivity contribution is 8.06. The Morgan fingerprint density at radius 3 is 3.46 bits per heavy atom. The SMILES string of the molecule is C1=CSC2=Cn3nncc3NC2=C1. The summed E-state index contributed by atoms with van der Waals surface area (Å²) in [5, 5.41) is 13.0. The van der Waals surface area contributed by atoms with Gasteiger partial charge in [-0.1, -0.05) is 23.1 Å². The molecule has 0 fully saturated rings. The first kappa shape index (κ1) is 6.97. The van der Waals surface area contributed by atoms with Crippen LogP contribution in [0.1, 0.15) is 0 Å². The Morgan fingerprint density at radius 2 is 2.46 bits per heavy atom. The van der Waals surface area contributed by atoms with Gasteiger partial charge >= 0.3 is 0 Å². The van der Waals surface area contributed by atoms with E-state index in [9.17, 15) is 0 Å². The average Bonchev–Trinajstić information content (AvgIpc) is 2.61. The van der Waals surface area contributed by atoms with Crippen LogP contribution in [0, 0.1) is 0 Å². The molecule has 0 aliphatic carbocycles. The fraction of sp³-hybridized carbons (Fsp3) is 0. The Morgan fingerprint density at radius 1 is 1.46 bits per heavy atom. The summed E-state index contributed by atoms with van der Waals surface area (Å²) in [5.74, 6) is 0.908. The summed E-state index contributed by atoms with van der Waals surface area (Å²) in [5.41, 5.74) is 1.11. The van der Waals surface area contributed by atoms with Crippen LogP contribution in [0.4, 0.5) is 5.82 Å². The Labute approximate surface area is 79.0 Å². The molecule has 5 heteroatoms. The van der Waals surface area contributed by atoms with E-state index < -0.39 is 0 Å². The molecule has 3 rings (SSSR count). The zero-order chi connectivity index (χ0) is 8.67. The number of aromatic nitrogens is 3. The Bertz CT molecular complexity index is 441. The Hall–Kier alpha value is -1.49. The van der Waals surface area contributed by atoms with Crippen LogP contribution in [-0.4, -0.2) is 15.0 Å². The minimum absolute atomic E-state index is 0.908. The van der Waals surface area contributed by atoms with Gasteiger partial charge in [0, 0.05) is 6.20 Å². The van der Waals surface area contributed by atoms with Crippen molar-refractivity contribution >= 4 is 23.8 Å². The molecule has 2 aliphatic heterocycles. The second-order valence-corrected chi connectivity index (χ2v) is 3.66. The van der Waals surface area contributed by atoms with E-state index in [-0.39, 0.29) is 0 Å². The van der Waals surface area contributed by atoms with Crippen molar-refractivity contribution in [1.82, 2.24) is 15.0 Å². The van der Waals surface area contributed by atoms with Crippen LogP contribution in [-0.2, 0) is 0 Å². The molecule has 0 saturated heterocycles. The van der Waals surface area contributed by atoms with Gasteiger partial charge in [-0.25, -0.2) is 4.68 Å². The molecule has 0 atom stereocenters. The lowest BCUT2D eigenvalue weighted by Gasteiger charge is -2.19. The standard InChI is InChI=1S/C8H6N4S/c1-2-6-7(13-3-1)5-12-8(10-6)4-9-11-12/h1-5,10H. The minimum Gasteiger partial charge on any atom is -0.338 e. The largest absolute Gasteiger partial charge is 0.338 e. The summed E-state index contributed by atoms with van der Waals surface area (Å²) in [6.07, 6.45) is 7.73. The zero-order valence-electron chi connectivity index (χ0n) is 6.64. The molecule has 3 heterocycles. The second-order valence-electron chi connectivity index (χ2n) is 2.71. The molecule has 4 nitrogen and oxygen atoms in total. The summed E-state index contributed by atoms with van der Waals surface area (Å²) in [7, 11) is 0. The lowest BCUT2D eigenvalue weighted by atomic mass is 10.3. The van der Waals surface area contributed by atoms with E-state index >= 15 is 0 Å². The average molecular weight is 190 g/mol. The van der Waals surface area contributed by atoms with Gasteiger partial charge in [0.2, 0.25) is 0 Å². The molecular formula is C8H6N4S. The van der Waals surface area contributed by atoms with Crippen molar-refractivity contribution in [3.63, 3.8) is 0 Å². The summed E-state index contributed by atoms with van der Waals surface area (Å²) < 4.78 is 1.73. The molecule has 0 amide bonds. The van der Waals surface area contributed by atoms with E-state index in [1.165, 1.54) is 4.91 Å². The van der Waals surface area contributed by atoms with Crippen molar-refractivity contribution in [3.8, 4) is 0 Å². The normalized spacial score (nSPS) is 18.2. The molecule has 1 aromatic rings. The van der Waals surface area contributed by atoms with Crippen molar-refractivity contribution in [1.29, 1.82) is 0 Å². The van der Waals surface area contributed by atoms with Crippen LogP contribution < -0.4 is 5.32 Å². The third-order valence-corrected chi connectivity index (χ3v) is 2.75. The van der Waals surface area contributed by atoms with Gasteiger partial charge < -0.3 is 5.32 Å². The molecule has 0 saturated carbocycles. The highest BCUT2D eigenvalue weighted by Crippen LogP contribution is 2.33. The maximum atomic E-state index is 3.91. The van der Waals surface area contributed by atoms with Crippen molar-refractivity contribution in [2.45, 2.75) is 0 Å². The summed E-state index contributed by atoms with van der Waals surface area (Å²) in [4.78, 5) is 1.17. The molecule has 13 heavy (non-hydrogen) atoms. The van der Waals surface area contributed by atoms with E-state index in [0.29, 0.717) is 0 Å². The first-order valence-electron chi connectivity index (χ1n) is 3.86. The van der Waals surface area contributed by atoms with Crippen LogP contribution >= 0.6 is 11.8 Å². The van der Waals surface area contributed by atoms with Gasteiger partial charge in [-0.15, -0.1) is 5.10 Å². The topological polar surface area (TPSA) is 42.7 Å². The van der Waals surface area contributed by atoms with E-state index in [4.69, 9.17) is 0 Å². The molecule has 0 bridgehead atoms. The highest BCUT2D eigenvalue weighted by atomic mass is 32.2. The molecule has 0 unspecified atom stereocenters. The maximum Gasteiger partial charge on any atom is 0.154 e. The molecule has 0 aromatic carbocycles. The smallest absolute Gasteiger partial charge is 0.154 e. The van der Waals surface area contributed by atoms with Gasteiger partial charge in [-0.3, -0.25) is 0 Å². The number of nitrogens with one attached hydrogen (secondary N) is 1. The fourth-order valence-corrected chi connectivity index (χ4v) is 1.98. The Balaban J connectivity index is 2.15. The van der Waals surface area contributed by atoms with Gasteiger partial charge in [0.05, 0.1) is 16.8 Å². The number of allylic oxidation sites excluding steroid dienone is 2. The Kier molecular flexibility index (Phi) is 1.34. The molecular weight excluding hydrogens is 184 g/mol. The first-order chi connectivity index (χ1) is 6.43. The summed E-state index contributed by atoms with van der Waals surface area (Å²) in [6.45, 7) is 0. The summed E-state index contributed by atoms with van der Waals surface area (Å²) in [6, 6.07) is 0. The number of anilines is 1. The predicted molar refractivity (Wildman–Crippen MR) is 52.7 cm³/mol. The van der Waals surface area contributed by atoms with Crippen LogP contribution in [0.25, 0.3) is 6.20 Å². The molecule has 0 radical (unpaired) electrons. The van der Waals surface area contributed by atoms with E-state index in [1.807, 2.05) is 23.8 Å². The quantitative estimate of drug-likeness (QED) is 0.675. The van der Waals surface area contributed by atoms with Crippen LogP contribution in [0.5, 0.6) is 0 Å². The molecule has 0 spiro atoms. The zero-order valence-corrected chi connectivity index (χ0v) is 7.45. The van der Waals surface area contributed by atoms with Crippen LogP contribution in [0.3, 0.4) is 0 Å². The number of hydrogen-bond acceptors (Lipinski definition) is 4. The van der Waals surface area contributed by atoms with Crippen LogP contribution in [0.15, 0.2) is 34.4 Å². The monoisotopic (exact) mass is 190 g/mol. The lowest BCUT2D eigenvalue weighted by Crippen LogP contribution is -2.11. The lowest BCUT2D eigenvalue weighted by molar-refractivity contribution is 0.838. The van der Waals surface area contributed by atoms with Gasteiger partial charge in [0.1, 0.15) is 0 Å². The highest BCUT2D eigenvalue weighted by Gasteiger charge is 2.16. The van der Waals surface area contributed by atoms with Gasteiger partial charge in [0.15, 0.2) is 5.82 Å². The van der Waals surface area contributed by atoms with Crippen molar-refractivity contribution in [2.24, 2.45) is 0 Å². The molecule has 64 valence electrons. The van der Waals surface area contributed by atoms with Crippen molar-refractivity contribution in [2.75, 3.05) is 5.32 Å². The van der Waals surface area contributed by atoms with Gasteiger partial charge in [-0.2, -0.15) is 0 Å². The van der Waals surface area contributed by atoms with E-state index in [1.54, 1.807) is 22.6 Å². The first-order valence-corrected chi connectivity index (χ1v) is 4.74. The number of thioether (sulfide) groups is 1. The number of hydrogen-bond donors (Lipinski definition) is 1. The molecule has 2 aliphatic rings. The molecule has 1 aromatic heterocycles. The predicted octanol–water partition coefficient (Wildman–Crippen LogP) is 1.65. The van der Waals surface area contributed by atoms with Gasteiger partial charge in [-0.05, 0) is 11.5 Å².